The Labute approximate surface area is 121 Å². The fourth-order valence-corrected chi connectivity index (χ4v) is 3.33. The van der Waals surface area contributed by atoms with Gasteiger partial charge in [0, 0.05) is 33.6 Å². The van der Waals surface area contributed by atoms with Crippen molar-refractivity contribution in [1.82, 2.24) is 5.32 Å². The predicted molar refractivity (Wildman–Crippen MR) is 87.0 cm³/mol. The maximum atomic E-state index is 10.8. The van der Waals surface area contributed by atoms with Crippen molar-refractivity contribution >= 4 is 43.5 Å². The summed E-state index contributed by atoms with van der Waals surface area (Å²) >= 11 is 1.82. The topological polar surface area (TPSA) is 29.1 Å². The molecule has 0 radical (unpaired) electrons. The molecule has 3 aromatic rings. The lowest BCUT2D eigenvalue weighted by molar-refractivity contribution is -0.118. The number of nitrogens with one attached hydrogen (secondary N) is 1. The molecule has 0 saturated heterocycles. The van der Waals surface area contributed by atoms with E-state index in [2.05, 4.69) is 47.8 Å². The summed E-state index contributed by atoms with van der Waals surface area (Å²) in [4.78, 5) is 10.8. The van der Waals surface area contributed by atoms with Crippen LogP contribution in [0.1, 0.15) is 12.5 Å². The zero-order chi connectivity index (χ0) is 13.9. The molecule has 1 amide bonds. The molecule has 2 nitrogen and oxygen atoms in total. The van der Waals surface area contributed by atoms with Gasteiger partial charge in [0.15, 0.2) is 0 Å². The Kier molecular flexibility index (Phi) is 3.52. The lowest BCUT2D eigenvalue weighted by atomic mass is 10.1. The molecule has 3 heteroatoms. The Bertz CT molecular complexity index is 801. The monoisotopic (exact) mass is 281 g/mol. The highest BCUT2D eigenvalue weighted by Gasteiger charge is 2.03. The Morgan fingerprint density at radius 1 is 1.15 bits per heavy atom. The van der Waals surface area contributed by atoms with Gasteiger partial charge in [0.2, 0.25) is 5.91 Å². The zero-order valence-corrected chi connectivity index (χ0v) is 12.0. The molecular formula is C17H15NOS. The van der Waals surface area contributed by atoms with Crippen molar-refractivity contribution in [3.63, 3.8) is 0 Å². The van der Waals surface area contributed by atoms with E-state index in [-0.39, 0.29) is 5.91 Å². The molecule has 0 fully saturated rings. The number of thiophene rings is 1. The molecular weight excluding hydrogens is 266 g/mol. The summed E-state index contributed by atoms with van der Waals surface area (Å²) in [6.07, 6.45) is 4.01. The molecule has 1 N–H and O–H groups in total. The zero-order valence-electron chi connectivity index (χ0n) is 11.2. The number of rotatable bonds is 3. The van der Waals surface area contributed by atoms with Gasteiger partial charge < -0.3 is 5.32 Å². The molecule has 0 aliphatic rings. The van der Waals surface area contributed by atoms with Gasteiger partial charge in [0.05, 0.1) is 0 Å². The third-order valence-electron chi connectivity index (χ3n) is 3.18. The molecule has 0 aliphatic heterocycles. The summed E-state index contributed by atoms with van der Waals surface area (Å²) in [5.41, 5.74) is 1.16. The number of fused-ring (bicyclic) bond motifs is 3. The molecule has 1 heterocycles. The number of hydrogen-bond acceptors (Lipinski definition) is 2. The second kappa shape index (κ2) is 5.47. The number of carbonyl (C=O) groups excluding carboxylic acids is 1. The van der Waals surface area contributed by atoms with E-state index >= 15 is 0 Å². The largest absolute Gasteiger partial charge is 0.353 e. The fourth-order valence-electron chi connectivity index (χ4n) is 2.25. The Morgan fingerprint density at radius 3 is 2.80 bits per heavy atom. The standard InChI is InChI=1S/C17H15NOS/c1-12(19)18-10-4-5-13-8-9-17-15(11-13)14-6-2-3-7-16(14)20-17/h2-9,11H,10H2,1H3,(H,18,19). The second-order valence-electron chi connectivity index (χ2n) is 4.69. The number of amides is 1. The van der Waals surface area contributed by atoms with E-state index in [1.807, 2.05) is 23.5 Å². The summed E-state index contributed by atoms with van der Waals surface area (Å²) in [6, 6.07) is 15.0. The van der Waals surface area contributed by atoms with Crippen LogP contribution in [-0.2, 0) is 4.79 Å². The SMILES string of the molecule is CC(=O)NCC=Cc1ccc2sc3ccccc3c2c1. The van der Waals surface area contributed by atoms with Gasteiger partial charge in [-0.2, -0.15) is 0 Å². The molecule has 0 unspecified atom stereocenters. The van der Waals surface area contributed by atoms with E-state index in [9.17, 15) is 4.79 Å². The molecule has 3 rings (SSSR count). The van der Waals surface area contributed by atoms with Gasteiger partial charge >= 0.3 is 0 Å². The van der Waals surface area contributed by atoms with Crippen LogP contribution in [0.2, 0.25) is 0 Å². The van der Waals surface area contributed by atoms with Crippen LogP contribution in [0.3, 0.4) is 0 Å². The van der Waals surface area contributed by atoms with E-state index < -0.39 is 0 Å². The summed E-state index contributed by atoms with van der Waals surface area (Å²) in [7, 11) is 0. The van der Waals surface area contributed by atoms with Gasteiger partial charge in [-0.3, -0.25) is 4.79 Å². The van der Waals surface area contributed by atoms with E-state index in [0.717, 1.165) is 5.56 Å². The first-order valence-electron chi connectivity index (χ1n) is 6.56. The van der Waals surface area contributed by atoms with Crippen molar-refractivity contribution < 1.29 is 4.79 Å². The van der Waals surface area contributed by atoms with Crippen LogP contribution in [0.15, 0.2) is 48.5 Å². The molecule has 2 aromatic carbocycles. The minimum absolute atomic E-state index is 0.00562. The quantitative estimate of drug-likeness (QED) is 0.765. The average Bonchev–Trinajstić information content (AvgIpc) is 2.81. The molecule has 0 aliphatic carbocycles. The fraction of sp³-hybridized carbons (Fsp3) is 0.118. The number of carbonyl (C=O) groups is 1. The van der Waals surface area contributed by atoms with Crippen LogP contribution in [0.25, 0.3) is 26.2 Å². The molecule has 0 atom stereocenters. The van der Waals surface area contributed by atoms with Gasteiger partial charge in [-0.25, -0.2) is 0 Å². The van der Waals surface area contributed by atoms with Crippen LogP contribution in [0, 0.1) is 0 Å². The van der Waals surface area contributed by atoms with E-state index in [1.54, 1.807) is 0 Å². The smallest absolute Gasteiger partial charge is 0.217 e. The average molecular weight is 281 g/mol. The molecule has 1 aromatic heterocycles. The third-order valence-corrected chi connectivity index (χ3v) is 4.33. The second-order valence-corrected chi connectivity index (χ2v) is 5.78. The first-order valence-corrected chi connectivity index (χ1v) is 7.38. The minimum Gasteiger partial charge on any atom is -0.353 e. The minimum atomic E-state index is -0.00562. The highest BCUT2D eigenvalue weighted by Crippen LogP contribution is 2.34. The Hall–Kier alpha value is -2.13. The maximum absolute atomic E-state index is 10.8. The predicted octanol–water partition coefficient (Wildman–Crippen LogP) is 4.20. The van der Waals surface area contributed by atoms with Gasteiger partial charge in [0.1, 0.15) is 0 Å². The first kappa shape index (κ1) is 12.9. The van der Waals surface area contributed by atoms with Crippen molar-refractivity contribution in [2.75, 3.05) is 6.54 Å². The molecule has 20 heavy (non-hydrogen) atoms. The Balaban J connectivity index is 1.93. The molecule has 0 spiro atoms. The summed E-state index contributed by atoms with van der Waals surface area (Å²) < 4.78 is 2.63. The van der Waals surface area contributed by atoms with Crippen molar-refractivity contribution in [2.24, 2.45) is 0 Å². The van der Waals surface area contributed by atoms with Gasteiger partial charge in [-0.1, -0.05) is 36.4 Å². The van der Waals surface area contributed by atoms with E-state index in [1.165, 1.54) is 27.1 Å². The van der Waals surface area contributed by atoms with Crippen molar-refractivity contribution in [2.45, 2.75) is 6.92 Å². The van der Waals surface area contributed by atoms with Crippen molar-refractivity contribution in [1.29, 1.82) is 0 Å². The molecule has 0 saturated carbocycles. The van der Waals surface area contributed by atoms with Gasteiger partial charge in [-0.05, 0) is 23.8 Å². The normalized spacial score (nSPS) is 11.4. The summed E-state index contributed by atoms with van der Waals surface area (Å²) in [5, 5.41) is 5.36. The molecule has 0 bridgehead atoms. The first-order chi connectivity index (χ1) is 9.74. The van der Waals surface area contributed by atoms with Gasteiger partial charge in [-0.15, -0.1) is 11.3 Å². The molecule has 100 valence electrons. The lowest BCUT2D eigenvalue weighted by Crippen LogP contribution is -2.19. The van der Waals surface area contributed by atoms with E-state index in [4.69, 9.17) is 0 Å². The van der Waals surface area contributed by atoms with Crippen LogP contribution in [0.5, 0.6) is 0 Å². The van der Waals surface area contributed by atoms with E-state index in [0.29, 0.717) is 6.54 Å². The number of hydrogen-bond donors (Lipinski definition) is 1. The van der Waals surface area contributed by atoms with Gasteiger partial charge in [0.25, 0.3) is 0 Å². The summed E-state index contributed by atoms with van der Waals surface area (Å²) in [5.74, 6) is -0.00562. The summed E-state index contributed by atoms with van der Waals surface area (Å²) in [6.45, 7) is 2.09. The van der Waals surface area contributed by atoms with Crippen molar-refractivity contribution in [3.8, 4) is 0 Å². The third kappa shape index (κ3) is 2.58. The highest BCUT2D eigenvalue weighted by atomic mass is 32.1. The van der Waals surface area contributed by atoms with Crippen LogP contribution in [-0.4, -0.2) is 12.5 Å². The maximum Gasteiger partial charge on any atom is 0.217 e. The van der Waals surface area contributed by atoms with Crippen molar-refractivity contribution in [3.05, 3.63) is 54.1 Å². The van der Waals surface area contributed by atoms with Crippen LogP contribution in [0.4, 0.5) is 0 Å². The highest BCUT2D eigenvalue weighted by molar-refractivity contribution is 7.25. The lowest BCUT2D eigenvalue weighted by Gasteiger charge is -1.97. The number of benzene rings is 2. The van der Waals surface area contributed by atoms with Crippen LogP contribution < -0.4 is 5.32 Å². The van der Waals surface area contributed by atoms with Crippen LogP contribution >= 0.6 is 11.3 Å². The Morgan fingerprint density at radius 2 is 1.95 bits per heavy atom.